The number of alkyl halides is 3. The summed E-state index contributed by atoms with van der Waals surface area (Å²) in [5, 5.41) is 3.74. The van der Waals surface area contributed by atoms with Gasteiger partial charge in [-0.3, -0.25) is 4.68 Å². The summed E-state index contributed by atoms with van der Waals surface area (Å²) in [4.78, 5) is 11.7. The molecule has 0 aliphatic rings. The van der Waals surface area contributed by atoms with Crippen LogP contribution in [0.3, 0.4) is 0 Å². The molecule has 0 saturated carbocycles. The van der Waals surface area contributed by atoms with Crippen LogP contribution in [0.4, 0.5) is 13.2 Å². The first kappa shape index (κ1) is 20.7. The molecule has 5 nitrogen and oxygen atoms in total. The number of nitrogens with zero attached hydrogens (tertiary/aromatic N) is 2. The summed E-state index contributed by atoms with van der Waals surface area (Å²) in [6.07, 6.45) is -3.44. The first-order valence-electron chi connectivity index (χ1n) is 7.77. The van der Waals surface area contributed by atoms with E-state index in [1.165, 1.54) is 6.92 Å². The number of carbonyl (C=O) groups is 1. The standard InChI is InChI=1S/C15H25F3N2O3Si/c1-7-22-13(21)11-10-19-20(12(11)15(16,17)18)9-8-14(2,3)23-24(4,5)6/h10H,7-9H2,1-6H3. The molecular formula is C15H25F3N2O3Si. The van der Waals surface area contributed by atoms with Gasteiger partial charge < -0.3 is 9.16 Å². The van der Waals surface area contributed by atoms with Crippen LogP contribution < -0.4 is 0 Å². The lowest BCUT2D eigenvalue weighted by Gasteiger charge is -2.33. The third-order valence-electron chi connectivity index (χ3n) is 3.11. The zero-order chi connectivity index (χ0) is 18.8. The van der Waals surface area contributed by atoms with Gasteiger partial charge in [0, 0.05) is 6.54 Å². The lowest BCUT2D eigenvalue weighted by molar-refractivity contribution is -0.145. The van der Waals surface area contributed by atoms with E-state index >= 15 is 0 Å². The molecule has 0 bridgehead atoms. The maximum Gasteiger partial charge on any atom is 0.433 e. The molecule has 24 heavy (non-hydrogen) atoms. The minimum Gasteiger partial charge on any atom is -0.462 e. The van der Waals surface area contributed by atoms with Crippen LogP contribution in [-0.4, -0.2) is 36.3 Å². The molecule has 1 heterocycles. The Hall–Kier alpha value is -1.35. The highest BCUT2D eigenvalue weighted by atomic mass is 28.4. The van der Waals surface area contributed by atoms with Crippen molar-refractivity contribution in [3.63, 3.8) is 0 Å². The van der Waals surface area contributed by atoms with E-state index in [0.29, 0.717) is 6.42 Å². The van der Waals surface area contributed by atoms with Crippen LogP contribution in [0.2, 0.25) is 19.6 Å². The van der Waals surface area contributed by atoms with Crippen molar-refractivity contribution in [1.29, 1.82) is 0 Å². The van der Waals surface area contributed by atoms with Gasteiger partial charge in [0.05, 0.1) is 18.4 Å². The first-order chi connectivity index (χ1) is 10.8. The molecule has 0 aromatic carbocycles. The normalized spacial score (nSPS) is 13.2. The van der Waals surface area contributed by atoms with E-state index in [2.05, 4.69) is 9.84 Å². The van der Waals surface area contributed by atoms with Crippen LogP contribution in [0.15, 0.2) is 6.20 Å². The number of rotatable bonds is 7. The van der Waals surface area contributed by atoms with Crippen LogP contribution in [0.25, 0.3) is 0 Å². The SMILES string of the molecule is CCOC(=O)c1cnn(CCC(C)(C)O[Si](C)(C)C)c1C(F)(F)F. The van der Waals surface area contributed by atoms with E-state index in [0.717, 1.165) is 10.9 Å². The summed E-state index contributed by atoms with van der Waals surface area (Å²) in [6, 6.07) is 0. The molecule has 0 unspecified atom stereocenters. The lowest BCUT2D eigenvalue weighted by Crippen LogP contribution is -2.39. The fraction of sp³-hybridized carbons (Fsp3) is 0.733. The van der Waals surface area contributed by atoms with Crippen LogP contribution >= 0.6 is 0 Å². The van der Waals surface area contributed by atoms with Crippen LogP contribution in [0, 0.1) is 0 Å². The topological polar surface area (TPSA) is 53.3 Å². The summed E-state index contributed by atoms with van der Waals surface area (Å²) in [6.45, 7) is 11.3. The second-order valence-electron chi connectivity index (χ2n) is 7.07. The third-order valence-corrected chi connectivity index (χ3v) is 4.28. The highest BCUT2D eigenvalue weighted by Crippen LogP contribution is 2.33. The molecule has 9 heteroatoms. The molecule has 138 valence electrons. The molecule has 1 aromatic rings. The number of ether oxygens (including phenoxy) is 1. The second-order valence-corrected chi connectivity index (χ2v) is 11.5. The Morgan fingerprint density at radius 2 is 1.88 bits per heavy atom. The summed E-state index contributed by atoms with van der Waals surface area (Å²) in [5.74, 6) is -1.02. The van der Waals surface area contributed by atoms with Gasteiger partial charge in [-0.15, -0.1) is 0 Å². The molecule has 0 fully saturated rings. The molecule has 0 radical (unpaired) electrons. The zero-order valence-electron chi connectivity index (χ0n) is 15.0. The largest absolute Gasteiger partial charge is 0.462 e. The van der Waals surface area contributed by atoms with Gasteiger partial charge in [-0.1, -0.05) is 0 Å². The Morgan fingerprint density at radius 3 is 2.33 bits per heavy atom. The van der Waals surface area contributed by atoms with E-state index in [-0.39, 0.29) is 13.2 Å². The van der Waals surface area contributed by atoms with E-state index in [9.17, 15) is 18.0 Å². The van der Waals surface area contributed by atoms with E-state index in [4.69, 9.17) is 4.43 Å². The second kappa shape index (κ2) is 7.26. The van der Waals surface area contributed by atoms with Crippen molar-refractivity contribution in [1.82, 2.24) is 9.78 Å². The number of carbonyl (C=O) groups excluding carboxylic acids is 1. The average Bonchev–Trinajstić information content (AvgIpc) is 2.77. The maximum atomic E-state index is 13.3. The fourth-order valence-corrected chi connectivity index (χ4v) is 4.23. The lowest BCUT2D eigenvalue weighted by atomic mass is 10.1. The van der Waals surface area contributed by atoms with Crippen LogP contribution in [0.1, 0.15) is 43.2 Å². The van der Waals surface area contributed by atoms with Crippen molar-refractivity contribution in [3.8, 4) is 0 Å². The van der Waals surface area contributed by atoms with E-state index < -0.39 is 37.3 Å². The fourth-order valence-electron chi connectivity index (χ4n) is 2.47. The predicted molar refractivity (Wildman–Crippen MR) is 86.3 cm³/mol. The molecule has 0 aliphatic carbocycles. The molecule has 0 N–H and O–H groups in total. The summed E-state index contributed by atoms with van der Waals surface area (Å²) in [5.41, 5.74) is -2.22. The summed E-state index contributed by atoms with van der Waals surface area (Å²) < 4.78 is 51.5. The van der Waals surface area contributed by atoms with Gasteiger partial charge in [0.25, 0.3) is 0 Å². The molecule has 1 aromatic heterocycles. The van der Waals surface area contributed by atoms with Gasteiger partial charge in [0.15, 0.2) is 14.0 Å². The van der Waals surface area contributed by atoms with Crippen LogP contribution in [0.5, 0.6) is 0 Å². The Kier molecular flexibility index (Phi) is 6.26. The van der Waals surface area contributed by atoms with Crippen molar-refractivity contribution >= 4 is 14.3 Å². The van der Waals surface area contributed by atoms with Crippen molar-refractivity contribution in [2.45, 2.75) is 65.2 Å². The number of esters is 1. The Labute approximate surface area is 141 Å². The van der Waals surface area contributed by atoms with Crippen molar-refractivity contribution in [3.05, 3.63) is 17.5 Å². The van der Waals surface area contributed by atoms with Gasteiger partial charge in [0.2, 0.25) is 0 Å². The highest BCUT2D eigenvalue weighted by Gasteiger charge is 2.41. The van der Waals surface area contributed by atoms with Gasteiger partial charge >= 0.3 is 12.1 Å². The molecule has 1 rings (SSSR count). The molecule has 0 saturated heterocycles. The molecule has 0 atom stereocenters. The quantitative estimate of drug-likeness (QED) is 0.538. The van der Waals surface area contributed by atoms with Gasteiger partial charge in [-0.05, 0) is 46.8 Å². The van der Waals surface area contributed by atoms with E-state index in [1.807, 2.05) is 33.5 Å². The Bertz CT molecular complexity index is 577. The maximum absolute atomic E-state index is 13.3. The molecule has 0 aliphatic heterocycles. The average molecular weight is 366 g/mol. The molecule has 0 amide bonds. The number of hydrogen-bond donors (Lipinski definition) is 0. The minimum absolute atomic E-state index is 0.00159. The third kappa shape index (κ3) is 5.93. The van der Waals surface area contributed by atoms with Gasteiger partial charge in [-0.2, -0.15) is 18.3 Å². The van der Waals surface area contributed by atoms with Gasteiger partial charge in [-0.25, -0.2) is 4.79 Å². The number of aryl methyl sites for hydroxylation is 1. The van der Waals surface area contributed by atoms with Gasteiger partial charge in [0.1, 0.15) is 5.56 Å². The zero-order valence-corrected chi connectivity index (χ0v) is 16.0. The van der Waals surface area contributed by atoms with Crippen molar-refractivity contribution in [2.24, 2.45) is 0 Å². The monoisotopic (exact) mass is 366 g/mol. The number of halogens is 3. The van der Waals surface area contributed by atoms with E-state index in [1.54, 1.807) is 0 Å². The number of hydrogen-bond acceptors (Lipinski definition) is 4. The highest BCUT2D eigenvalue weighted by molar-refractivity contribution is 6.69. The summed E-state index contributed by atoms with van der Waals surface area (Å²) in [7, 11) is -1.83. The van der Waals surface area contributed by atoms with Crippen LogP contribution in [-0.2, 0) is 21.9 Å². The molecular weight excluding hydrogens is 341 g/mol. The smallest absolute Gasteiger partial charge is 0.433 e. The Morgan fingerprint density at radius 1 is 1.29 bits per heavy atom. The Balaban J connectivity index is 3.02. The predicted octanol–water partition coefficient (Wildman–Crippen LogP) is 4.10. The first-order valence-corrected chi connectivity index (χ1v) is 11.2. The van der Waals surface area contributed by atoms with Crippen molar-refractivity contribution in [2.75, 3.05) is 6.61 Å². The summed E-state index contributed by atoms with van der Waals surface area (Å²) >= 11 is 0. The minimum atomic E-state index is -4.69. The van der Waals surface area contributed by atoms with Crippen molar-refractivity contribution < 1.29 is 27.1 Å². The number of aromatic nitrogens is 2. The molecule has 0 spiro atoms.